The Kier molecular flexibility index (Phi) is 3.73. The second kappa shape index (κ2) is 5.28. The van der Waals surface area contributed by atoms with Crippen molar-refractivity contribution in [2.24, 2.45) is 11.7 Å². The van der Waals surface area contributed by atoms with Gasteiger partial charge in [0, 0.05) is 18.3 Å². The van der Waals surface area contributed by atoms with E-state index >= 15 is 0 Å². The lowest BCUT2D eigenvalue weighted by Crippen LogP contribution is -2.40. The number of nitrogens with two attached hydrogens (primary N) is 1. The molecule has 2 aliphatic rings. The fourth-order valence-corrected chi connectivity index (χ4v) is 2.57. The van der Waals surface area contributed by atoms with Crippen LogP contribution in [0.1, 0.15) is 13.8 Å². The van der Waals surface area contributed by atoms with Crippen molar-refractivity contribution >= 4 is 0 Å². The molecule has 3 atom stereocenters. The minimum Gasteiger partial charge on any atom is -0.482 e. The van der Waals surface area contributed by atoms with Gasteiger partial charge in [-0.3, -0.25) is 0 Å². The number of hydrogen-bond donors (Lipinski definition) is 1. The van der Waals surface area contributed by atoms with E-state index in [1.54, 1.807) is 0 Å². The van der Waals surface area contributed by atoms with E-state index in [-0.39, 0.29) is 24.6 Å². The van der Waals surface area contributed by atoms with Crippen LogP contribution in [0.15, 0.2) is 35.8 Å². The summed E-state index contributed by atoms with van der Waals surface area (Å²) in [5.74, 6) is 1.08. The number of ether oxygens (including phenoxy) is 1. The van der Waals surface area contributed by atoms with Crippen LogP contribution in [0.25, 0.3) is 0 Å². The van der Waals surface area contributed by atoms with Gasteiger partial charge in [-0.1, -0.05) is 18.2 Å². The summed E-state index contributed by atoms with van der Waals surface area (Å²) in [6, 6.07) is 2.42. The average molecular weight is 245 g/mol. The zero-order valence-corrected chi connectivity index (χ0v) is 10.8. The molecule has 1 aliphatic carbocycles. The molecule has 0 spiro atoms. The van der Waals surface area contributed by atoms with E-state index in [1.807, 2.05) is 25.1 Å². The number of hydrogen-bond acceptors (Lipinski definition) is 4. The van der Waals surface area contributed by atoms with Crippen molar-refractivity contribution in [2.75, 3.05) is 13.2 Å². The first-order valence-electron chi connectivity index (χ1n) is 6.22. The molecule has 0 amide bonds. The minimum absolute atomic E-state index is 0.100. The van der Waals surface area contributed by atoms with Crippen molar-refractivity contribution in [3.63, 3.8) is 0 Å². The van der Waals surface area contributed by atoms with Crippen LogP contribution in [0, 0.1) is 17.2 Å². The third-order valence-corrected chi connectivity index (χ3v) is 3.29. The van der Waals surface area contributed by atoms with Crippen LogP contribution in [0.3, 0.4) is 0 Å². The maximum atomic E-state index is 8.60. The summed E-state index contributed by atoms with van der Waals surface area (Å²) < 4.78 is 5.49. The smallest absolute Gasteiger partial charge is 0.174 e. The van der Waals surface area contributed by atoms with Crippen LogP contribution in [-0.2, 0) is 4.74 Å². The second-order valence-corrected chi connectivity index (χ2v) is 4.85. The maximum Gasteiger partial charge on any atom is 0.174 e. The standard InChI is InChI=1S/C14H19N3O/c1-10(16)9-17-11(2)8-12-13(17)4-3-5-14(12)18-7-6-15/h3-5,8,10,12-13H,7,9,16H2,1-2H3/t10-,12?,13?/m1/s1. The van der Waals surface area contributed by atoms with Gasteiger partial charge in [0.15, 0.2) is 6.61 Å². The summed E-state index contributed by atoms with van der Waals surface area (Å²) in [5.41, 5.74) is 7.11. The predicted octanol–water partition coefficient (Wildman–Crippen LogP) is 1.53. The number of rotatable bonds is 4. The lowest BCUT2D eigenvalue weighted by molar-refractivity contribution is 0.189. The minimum atomic E-state index is 0.100. The van der Waals surface area contributed by atoms with E-state index in [9.17, 15) is 0 Å². The molecule has 0 fully saturated rings. The largest absolute Gasteiger partial charge is 0.482 e. The van der Waals surface area contributed by atoms with Gasteiger partial charge in [-0.25, -0.2) is 0 Å². The molecule has 0 aromatic heterocycles. The molecule has 0 bridgehead atoms. The van der Waals surface area contributed by atoms with Crippen molar-refractivity contribution in [3.05, 3.63) is 35.8 Å². The normalized spacial score (nSPS) is 27.1. The van der Waals surface area contributed by atoms with Gasteiger partial charge in [0.2, 0.25) is 0 Å². The number of fused-ring (bicyclic) bond motifs is 1. The van der Waals surface area contributed by atoms with Gasteiger partial charge >= 0.3 is 0 Å². The van der Waals surface area contributed by atoms with Crippen LogP contribution in [0.2, 0.25) is 0 Å². The Labute approximate surface area is 108 Å². The van der Waals surface area contributed by atoms with E-state index in [2.05, 4.69) is 24.0 Å². The summed E-state index contributed by atoms with van der Waals surface area (Å²) in [4.78, 5) is 2.30. The van der Waals surface area contributed by atoms with Gasteiger partial charge in [0.25, 0.3) is 0 Å². The Morgan fingerprint density at radius 3 is 3.06 bits per heavy atom. The third kappa shape index (κ3) is 2.41. The van der Waals surface area contributed by atoms with Crippen LogP contribution in [-0.4, -0.2) is 30.1 Å². The second-order valence-electron chi connectivity index (χ2n) is 4.85. The van der Waals surface area contributed by atoms with E-state index in [1.165, 1.54) is 5.70 Å². The molecule has 4 nitrogen and oxygen atoms in total. The predicted molar refractivity (Wildman–Crippen MR) is 70.2 cm³/mol. The highest BCUT2D eigenvalue weighted by molar-refractivity contribution is 5.32. The van der Waals surface area contributed by atoms with Crippen LogP contribution >= 0.6 is 0 Å². The Bertz CT molecular complexity index is 442. The molecule has 1 aliphatic heterocycles. The molecule has 1 heterocycles. The first kappa shape index (κ1) is 12.7. The topological polar surface area (TPSA) is 62.3 Å². The number of allylic oxidation sites excluding steroid dienone is 3. The molecule has 0 saturated carbocycles. The molecule has 2 unspecified atom stereocenters. The Morgan fingerprint density at radius 1 is 1.61 bits per heavy atom. The Morgan fingerprint density at radius 2 is 2.39 bits per heavy atom. The van der Waals surface area contributed by atoms with E-state index < -0.39 is 0 Å². The van der Waals surface area contributed by atoms with Crippen molar-refractivity contribution in [2.45, 2.75) is 25.9 Å². The van der Waals surface area contributed by atoms with Gasteiger partial charge in [0.1, 0.15) is 11.8 Å². The average Bonchev–Trinajstić information content (AvgIpc) is 2.64. The summed E-state index contributed by atoms with van der Waals surface area (Å²) in [7, 11) is 0. The van der Waals surface area contributed by atoms with Gasteiger partial charge < -0.3 is 15.4 Å². The van der Waals surface area contributed by atoms with Crippen molar-refractivity contribution in [1.82, 2.24) is 4.90 Å². The molecular formula is C14H19N3O. The SMILES string of the molecule is CC1=CC2C(OCC#N)=CC=CC2N1C[C@@H](C)N. The maximum absolute atomic E-state index is 8.60. The number of nitrogens with zero attached hydrogens (tertiary/aromatic N) is 2. The van der Waals surface area contributed by atoms with E-state index in [4.69, 9.17) is 15.7 Å². The van der Waals surface area contributed by atoms with E-state index in [0.717, 1.165) is 12.3 Å². The molecule has 2 N–H and O–H groups in total. The van der Waals surface area contributed by atoms with Crippen LogP contribution in [0.5, 0.6) is 0 Å². The molecule has 0 aromatic rings. The fourth-order valence-electron chi connectivity index (χ4n) is 2.57. The molecule has 0 saturated heterocycles. The highest BCUT2D eigenvalue weighted by Crippen LogP contribution is 2.35. The lowest BCUT2D eigenvalue weighted by Gasteiger charge is -2.32. The molecule has 18 heavy (non-hydrogen) atoms. The molecule has 96 valence electrons. The van der Waals surface area contributed by atoms with Crippen LogP contribution in [0.4, 0.5) is 0 Å². The summed E-state index contributed by atoms with van der Waals surface area (Å²) in [5, 5.41) is 8.60. The monoisotopic (exact) mass is 245 g/mol. The molecule has 0 aromatic carbocycles. The van der Waals surface area contributed by atoms with Crippen LogP contribution < -0.4 is 5.73 Å². The fraction of sp³-hybridized carbons (Fsp3) is 0.500. The van der Waals surface area contributed by atoms with Crippen molar-refractivity contribution in [1.29, 1.82) is 5.26 Å². The molecule has 4 heteroatoms. The zero-order valence-electron chi connectivity index (χ0n) is 10.8. The summed E-state index contributed by atoms with van der Waals surface area (Å²) in [6.07, 6.45) is 8.30. The molecular weight excluding hydrogens is 226 g/mol. The van der Waals surface area contributed by atoms with Gasteiger partial charge in [0.05, 0.1) is 12.0 Å². The first-order chi connectivity index (χ1) is 8.63. The highest BCUT2D eigenvalue weighted by atomic mass is 16.5. The first-order valence-corrected chi connectivity index (χ1v) is 6.22. The lowest BCUT2D eigenvalue weighted by atomic mass is 9.94. The van der Waals surface area contributed by atoms with Crippen molar-refractivity contribution in [3.8, 4) is 6.07 Å². The summed E-state index contributed by atoms with van der Waals surface area (Å²) >= 11 is 0. The Balaban J connectivity index is 2.14. The third-order valence-electron chi connectivity index (χ3n) is 3.29. The summed E-state index contributed by atoms with van der Waals surface area (Å²) in [6.45, 7) is 5.04. The zero-order chi connectivity index (χ0) is 13.1. The number of nitriles is 1. The quantitative estimate of drug-likeness (QED) is 0.816. The van der Waals surface area contributed by atoms with Gasteiger partial charge in [-0.05, 0) is 19.9 Å². The van der Waals surface area contributed by atoms with E-state index in [0.29, 0.717) is 0 Å². The van der Waals surface area contributed by atoms with Crippen molar-refractivity contribution < 1.29 is 4.74 Å². The molecule has 2 rings (SSSR count). The molecule has 0 radical (unpaired) electrons. The van der Waals surface area contributed by atoms with Gasteiger partial charge in [-0.2, -0.15) is 5.26 Å². The van der Waals surface area contributed by atoms with Gasteiger partial charge in [-0.15, -0.1) is 0 Å². The highest BCUT2D eigenvalue weighted by Gasteiger charge is 2.35. The Hall–Kier alpha value is -1.73.